The van der Waals surface area contributed by atoms with Crippen LogP contribution in [0.4, 0.5) is 32.6 Å². The zero-order valence-electron chi connectivity index (χ0n) is 14.7. The van der Waals surface area contributed by atoms with Crippen molar-refractivity contribution in [2.24, 2.45) is 4.99 Å². The Hall–Kier alpha value is -2.69. The number of nitrogens with zero attached hydrogens (tertiary/aromatic N) is 3. The molecule has 0 radical (unpaired) electrons. The normalized spacial score (nSPS) is 15.8. The van der Waals surface area contributed by atoms with E-state index >= 15 is 0 Å². The number of hydrogen-bond donors (Lipinski definition) is 0. The van der Waals surface area contributed by atoms with Gasteiger partial charge in [0.2, 0.25) is 0 Å². The second kappa shape index (κ2) is 6.16. The topological polar surface area (TPSA) is 28.7 Å². The summed E-state index contributed by atoms with van der Waals surface area (Å²) in [5, 5.41) is -0.114. The molecule has 1 aliphatic heterocycles. The summed E-state index contributed by atoms with van der Waals surface area (Å²) in [4.78, 5) is 5.98. The molecule has 0 spiro atoms. The van der Waals surface area contributed by atoms with Gasteiger partial charge in [-0.3, -0.25) is 0 Å². The maximum atomic E-state index is 14.7. The number of alkyl halides is 3. The number of hydrogen-bond acceptors (Lipinski definition) is 4. The summed E-state index contributed by atoms with van der Waals surface area (Å²) < 4.78 is 73.7. The smallest absolute Gasteiger partial charge is 0.590 e. The van der Waals surface area contributed by atoms with Gasteiger partial charge >= 0.3 is 18.3 Å². The third kappa shape index (κ3) is 3.09. The highest BCUT2D eigenvalue weighted by atomic mass is 32.1. The second-order valence-electron chi connectivity index (χ2n) is 6.47. The van der Waals surface area contributed by atoms with Crippen molar-refractivity contribution in [3.63, 3.8) is 0 Å². The summed E-state index contributed by atoms with van der Waals surface area (Å²) in [7, 11) is -0.854. The summed E-state index contributed by atoms with van der Waals surface area (Å²) in [6.07, 6.45) is -4.56. The first kappa shape index (κ1) is 18.7. The highest BCUT2D eigenvalue weighted by molar-refractivity contribution is 7.21. The molecule has 0 amide bonds. The van der Waals surface area contributed by atoms with Gasteiger partial charge in [0.1, 0.15) is 5.52 Å². The summed E-state index contributed by atoms with van der Waals surface area (Å²) in [6.45, 7) is 0. The standard InChI is InChI=1S/C17H13BF5N3OS/c1-25(2)12-6-3-10(4-7-12)15-24-16-26(18(22,23)27-15)13-8-5-11(17(19,20)21)9-14(13)28-16/h3-9H,1-2H3. The van der Waals surface area contributed by atoms with E-state index in [1.807, 2.05) is 19.0 Å². The Balaban J connectivity index is 1.83. The van der Waals surface area contributed by atoms with Gasteiger partial charge in [-0.1, -0.05) is 0 Å². The van der Waals surface area contributed by atoms with Crippen LogP contribution in [0.3, 0.4) is 0 Å². The zero-order valence-corrected chi connectivity index (χ0v) is 15.5. The first-order valence-corrected chi connectivity index (χ1v) is 9.00. The average Bonchev–Trinajstić information content (AvgIpc) is 2.99. The van der Waals surface area contributed by atoms with Crippen LogP contribution in [0.2, 0.25) is 0 Å². The number of thiazole rings is 1. The summed E-state index contributed by atoms with van der Waals surface area (Å²) >= 11 is 0.762. The lowest BCUT2D eigenvalue weighted by molar-refractivity contribution is -0.536. The molecule has 1 aliphatic rings. The van der Waals surface area contributed by atoms with Crippen molar-refractivity contribution in [2.75, 3.05) is 19.0 Å². The van der Waals surface area contributed by atoms with E-state index in [0.717, 1.165) is 35.2 Å². The zero-order chi connectivity index (χ0) is 20.3. The molecule has 0 saturated carbocycles. The van der Waals surface area contributed by atoms with E-state index in [4.69, 9.17) is 4.65 Å². The number of aliphatic imine (C=N–C) groups is 1. The Morgan fingerprint density at radius 3 is 2.36 bits per heavy atom. The highest BCUT2D eigenvalue weighted by Crippen LogP contribution is 2.37. The Bertz CT molecular complexity index is 1090. The third-order valence-corrected chi connectivity index (χ3v) is 5.35. The van der Waals surface area contributed by atoms with Gasteiger partial charge in [-0.05, 0) is 53.8 Å². The molecule has 28 heavy (non-hydrogen) atoms. The van der Waals surface area contributed by atoms with Crippen LogP contribution in [0.5, 0.6) is 0 Å². The first-order valence-electron chi connectivity index (χ1n) is 8.18. The number of aromatic nitrogens is 1. The molecule has 0 atom stereocenters. The van der Waals surface area contributed by atoms with Gasteiger partial charge in [0, 0.05) is 24.8 Å². The molecule has 1 aromatic heterocycles. The minimum atomic E-state index is -4.56. The molecule has 0 bridgehead atoms. The van der Waals surface area contributed by atoms with Crippen LogP contribution < -0.4 is 9.38 Å². The number of anilines is 1. The Morgan fingerprint density at radius 2 is 1.75 bits per heavy atom. The van der Waals surface area contributed by atoms with Gasteiger partial charge in [0.25, 0.3) is 5.90 Å². The van der Waals surface area contributed by atoms with Crippen LogP contribution in [-0.2, 0) is 10.8 Å². The van der Waals surface area contributed by atoms with E-state index in [-0.39, 0.29) is 21.2 Å². The van der Waals surface area contributed by atoms with E-state index in [1.54, 1.807) is 24.3 Å². The predicted octanol–water partition coefficient (Wildman–Crippen LogP) is 4.60. The Morgan fingerprint density at radius 1 is 1.07 bits per heavy atom. The van der Waals surface area contributed by atoms with Gasteiger partial charge < -0.3 is 22.7 Å². The minimum absolute atomic E-state index is 0.0521. The van der Waals surface area contributed by atoms with Crippen molar-refractivity contribution in [3.05, 3.63) is 53.6 Å². The van der Waals surface area contributed by atoms with Crippen molar-refractivity contribution in [1.82, 2.24) is 0 Å². The van der Waals surface area contributed by atoms with Crippen LogP contribution >= 0.6 is 11.3 Å². The molecule has 0 N–H and O–H groups in total. The molecule has 0 unspecified atom stereocenters. The number of rotatable bonds is 2. The van der Waals surface area contributed by atoms with E-state index < -0.39 is 18.8 Å². The first-order chi connectivity index (χ1) is 13.1. The Kier molecular flexibility index (Phi) is 4.11. The molecular weight excluding hydrogens is 400 g/mol. The minimum Gasteiger partial charge on any atom is -0.590 e. The maximum Gasteiger partial charge on any atom is 0.737 e. The van der Waals surface area contributed by atoms with Crippen molar-refractivity contribution in [2.45, 2.75) is 6.18 Å². The fourth-order valence-corrected chi connectivity index (χ4v) is 4.03. The number of fused-ring (bicyclic) bond motifs is 3. The lowest BCUT2D eigenvalue weighted by Gasteiger charge is -2.26. The quantitative estimate of drug-likeness (QED) is 0.454. The number of halogens is 5. The predicted molar refractivity (Wildman–Crippen MR) is 98.4 cm³/mol. The van der Waals surface area contributed by atoms with Crippen LogP contribution in [0.15, 0.2) is 47.5 Å². The molecule has 146 valence electrons. The van der Waals surface area contributed by atoms with Gasteiger partial charge in [-0.25, -0.2) is 0 Å². The summed E-state index contributed by atoms with van der Waals surface area (Å²) in [5.41, 5.74) is 0.268. The molecule has 4 rings (SSSR count). The molecule has 4 nitrogen and oxygen atoms in total. The fraction of sp³-hybridized carbons (Fsp3) is 0.176. The van der Waals surface area contributed by atoms with Crippen molar-refractivity contribution in [3.8, 4) is 0 Å². The van der Waals surface area contributed by atoms with Crippen molar-refractivity contribution >= 4 is 45.3 Å². The fourth-order valence-electron chi connectivity index (χ4n) is 2.92. The lowest BCUT2D eigenvalue weighted by Crippen LogP contribution is -2.62. The van der Waals surface area contributed by atoms with E-state index in [0.29, 0.717) is 10.0 Å². The lowest BCUT2D eigenvalue weighted by atomic mass is 10.0. The molecule has 0 aliphatic carbocycles. The third-order valence-electron chi connectivity index (χ3n) is 4.34. The van der Waals surface area contributed by atoms with E-state index in [2.05, 4.69) is 4.99 Å². The number of benzene rings is 2. The van der Waals surface area contributed by atoms with Crippen molar-refractivity contribution in [1.29, 1.82) is 0 Å². The van der Waals surface area contributed by atoms with Gasteiger partial charge in [0.05, 0.1) is 15.8 Å². The van der Waals surface area contributed by atoms with Gasteiger partial charge in [-0.15, -0.1) is 0 Å². The van der Waals surface area contributed by atoms with Crippen LogP contribution in [0.1, 0.15) is 11.1 Å². The maximum absolute atomic E-state index is 14.7. The average molecular weight is 413 g/mol. The van der Waals surface area contributed by atoms with E-state index in [1.165, 1.54) is 0 Å². The van der Waals surface area contributed by atoms with Gasteiger partial charge in [0.15, 0.2) is 0 Å². The van der Waals surface area contributed by atoms with Crippen molar-refractivity contribution < 1.29 is 30.9 Å². The molecule has 3 aromatic rings. The highest BCUT2D eigenvalue weighted by Gasteiger charge is 2.49. The molecule has 11 heteroatoms. The Labute approximate surface area is 160 Å². The monoisotopic (exact) mass is 413 g/mol. The van der Waals surface area contributed by atoms with Crippen LogP contribution in [0.25, 0.3) is 10.2 Å². The van der Waals surface area contributed by atoms with Gasteiger partial charge in [-0.2, -0.15) is 13.2 Å². The summed E-state index contributed by atoms with van der Waals surface area (Å²) in [6, 6.07) is 9.30. The molecule has 2 aromatic carbocycles. The van der Waals surface area contributed by atoms with Crippen LogP contribution in [0, 0.1) is 0 Å². The van der Waals surface area contributed by atoms with Crippen LogP contribution in [-0.4, -0.2) is 27.0 Å². The molecule has 0 saturated heterocycles. The molecular formula is C17H13BF5N3OS. The largest absolute Gasteiger partial charge is 0.737 e. The summed E-state index contributed by atoms with van der Waals surface area (Å²) in [5.74, 6) is -0.266. The second-order valence-corrected chi connectivity index (χ2v) is 7.48. The molecule has 2 heterocycles. The SMILES string of the molecule is CN(C)c1ccc(C2=Nc3sc4cc(C(F)(F)F)ccc4[n+]3[B-](F)(F)O2)cc1. The molecule has 0 fully saturated rings. The van der Waals surface area contributed by atoms with E-state index in [9.17, 15) is 21.8 Å².